The van der Waals surface area contributed by atoms with Gasteiger partial charge in [-0.2, -0.15) is 0 Å². The topological polar surface area (TPSA) is 81.5 Å². The van der Waals surface area contributed by atoms with E-state index in [9.17, 15) is 4.79 Å². The smallest absolute Gasteiger partial charge is 0.354 e. The number of carbonyl (C=O) groups is 1. The Bertz CT molecular complexity index is 630. The summed E-state index contributed by atoms with van der Waals surface area (Å²) in [6, 6.07) is 8.61. The molecule has 0 aliphatic carbocycles. The van der Waals surface area contributed by atoms with Crippen LogP contribution < -0.4 is 9.47 Å². The molecule has 6 heteroatoms. The number of aromatic nitrogens is 2. The van der Waals surface area contributed by atoms with Gasteiger partial charge in [-0.05, 0) is 18.2 Å². The Morgan fingerprint density at radius 2 is 2.05 bits per heavy atom. The van der Waals surface area contributed by atoms with Crippen molar-refractivity contribution in [3.63, 3.8) is 0 Å². The van der Waals surface area contributed by atoms with Crippen LogP contribution in [0.1, 0.15) is 22.4 Å². The van der Waals surface area contributed by atoms with Gasteiger partial charge in [0.1, 0.15) is 6.61 Å². The van der Waals surface area contributed by atoms with E-state index in [1.165, 1.54) is 12.3 Å². The first-order valence-electron chi connectivity index (χ1n) is 5.69. The Morgan fingerprint density at radius 3 is 2.84 bits per heavy atom. The molecule has 1 aromatic heterocycles. The van der Waals surface area contributed by atoms with E-state index in [4.69, 9.17) is 14.6 Å². The maximum Gasteiger partial charge on any atom is 0.354 e. The van der Waals surface area contributed by atoms with Crippen LogP contribution in [0.15, 0.2) is 36.5 Å². The Labute approximate surface area is 108 Å². The molecular weight excluding hydrogens is 248 g/mol. The zero-order chi connectivity index (χ0) is 13.2. The molecule has 1 aromatic carbocycles. The van der Waals surface area contributed by atoms with Crippen LogP contribution in [0.3, 0.4) is 0 Å². The van der Waals surface area contributed by atoms with Crippen LogP contribution in [0.4, 0.5) is 0 Å². The number of para-hydroxylation sites is 2. The SMILES string of the molecule is O=C(O)c1ccnc(C2COc3ccccc3O2)n1. The molecule has 0 fully saturated rings. The third-order valence-corrected chi connectivity index (χ3v) is 2.69. The van der Waals surface area contributed by atoms with Crippen LogP contribution in [-0.2, 0) is 0 Å². The lowest BCUT2D eigenvalue weighted by Gasteiger charge is -2.25. The number of hydrogen-bond donors (Lipinski definition) is 1. The molecule has 3 rings (SSSR count). The Morgan fingerprint density at radius 1 is 1.26 bits per heavy atom. The van der Waals surface area contributed by atoms with Gasteiger partial charge in [0.2, 0.25) is 0 Å². The van der Waals surface area contributed by atoms with E-state index in [1.54, 1.807) is 12.1 Å². The van der Waals surface area contributed by atoms with E-state index in [-0.39, 0.29) is 12.3 Å². The van der Waals surface area contributed by atoms with Crippen LogP contribution in [0.25, 0.3) is 0 Å². The van der Waals surface area contributed by atoms with Gasteiger partial charge >= 0.3 is 5.97 Å². The third-order valence-electron chi connectivity index (χ3n) is 2.69. The molecule has 2 heterocycles. The van der Waals surface area contributed by atoms with Gasteiger partial charge in [-0.3, -0.25) is 0 Å². The number of ether oxygens (including phenoxy) is 2. The average molecular weight is 258 g/mol. The lowest BCUT2D eigenvalue weighted by molar-refractivity contribution is 0.0682. The van der Waals surface area contributed by atoms with Crippen molar-refractivity contribution in [3.8, 4) is 11.5 Å². The number of carboxylic acid groups (broad SMARTS) is 1. The first kappa shape index (κ1) is 11.5. The number of benzene rings is 1. The van der Waals surface area contributed by atoms with E-state index in [0.29, 0.717) is 17.3 Å². The second-order valence-electron chi connectivity index (χ2n) is 3.97. The summed E-state index contributed by atoms with van der Waals surface area (Å²) in [4.78, 5) is 18.9. The van der Waals surface area contributed by atoms with Crippen molar-refractivity contribution in [1.29, 1.82) is 0 Å². The van der Waals surface area contributed by atoms with Crippen molar-refractivity contribution in [2.45, 2.75) is 6.10 Å². The summed E-state index contributed by atoms with van der Waals surface area (Å²) < 4.78 is 11.2. The highest BCUT2D eigenvalue weighted by Gasteiger charge is 2.25. The quantitative estimate of drug-likeness (QED) is 0.882. The zero-order valence-corrected chi connectivity index (χ0v) is 9.81. The number of rotatable bonds is 2. The van der Waals surface area contributed by atoms with E-state index in [0.717, 1.165) is 0 Å². The average Bonchev–Trinajstić information content (AvgIpc) is 2.47. The molecule has 0 bridgehead atoms. The second-order valence-corrected chi connectivity index (χ2v) is 3.97. The minimum Gasteiger partial charge on any atom is -0.485 e. The van der Waals surface area contributed by atoms with Crippen LogP contribution in [0.2, 0.25) is 0 Å². The van der Waals surface area contributed by atoms with Gasteiger partial charge in [-0.25, -0.2) is 14.8 Å². The highest BCUT2D eigenvalue weighted by atomic mass is 16.6. The fourth-order valence-electron chi connectivity index (χ4n) is 1.79. The first-order chi connectivity index (χ1) is 9.24. The lowest BCUT2D eigenvalue weighted by Crippen LogP contribution is -2.24. The maximum atomic E-state index is 10.9. The summed E-state index contributed by atoms with van der Waals surface area (Å²) in [5, 5.41) is 8.90. The molecule has 0 saturated heterocycles. The van der Waals surface area contributed by atoms with Gasteiger partial charge in [-0.15, -0.1) is 0 Å². The summed E-state index contributed by atoms with van der Waals surface area (Å²) >= 11 is 0. The maximum absolute atomic E-state index is 10.9. The van der Waals surface area contributed by atoms with Gasteiger partial charge in [0, 0.05) is 6.20 Å². The molecule has 0 radical (unpaired) electrons. The normalized spacial score (nSPS) is 16.9. The van der Waals surface area contributed by atoms with Gasteiger partial charge in [0.05, 0.1) is 0 Å². The van der Waals surface area contributed by atoms with E-state index < -0.39 is 12.1 Å². The summed E-state index contributed by atoms with van der Waals surface area (Å²) in [5.41, 5.74) is -0.0625. The molecule has 0 saturated carbocycles. The van der Waals surface area contributed by atoms with E-state index >= 15 is 0 Å². The molecule has 19 heavy (non-hydrogen) atoms. The highest BCUT2D eigenvalue weighted by molar-refractivity contribution is 5.85. The summed E-state index contributed by atoms with van der Waals surface area (Å²) in [6.07, 6.45) is 0.893. The minimum absolute atomic E-state index is 0.0625. The molecule has 1 aliphatic heterocycles. The summed E-state index contributed by atoms with van der Waals surface area (Å²) in [6.45, 7) is 0.250. The summed E-state index contributed by atoms with van der Waals surface area (Å²) in [7, 11) is 0. The molecule has 0 amide bonds. The number of carboxylic acids is 1. The summed E-state index contributed by atoms with van der Waals surface area (Å²) in [5.74, 6) is 0.464. The molecule has 1 unspecified atom stereocenters. The van der Waals surface area contributed by atoms with Crippen LogP contribution in [0.5, 0.6) is 11.5 Å². The van der Waals surface area contributed by atoms with E-state index in [2.05, 4.69) is 9.97 Å². The van der Waals surface area contributed by atoms with Crippen molar-refractivity contribution < 1.29 is 19.4 Å². The van der Waals surface area contributed by atoms with Gasteiger partial charge in [0.25, 0.3) is 0 Å². The Kier molecular flexibility index (Phi) is 2.75. The van der Waals surface area contributed by atoms with Crippen molar-refractivity contribution in [2.24, 2.45) is 0 Å². The largest absolute Gasteiger partial charge is 0.485 e. The van der Waals surface area contributed by atoms with Crippen LogP contribution in [-0.4, -0.2) is 27.7 Å². The van der Waals surface area contributed by atoms with Gasteiger partial charge < -0.3 is 14.6 Å². The molecule has 1 atom stereocenters. The molecule has 1 aliphatic rings. The predicted molar refractivity (Wildman–Crippen MR) is 64.3 cm³/mol. The number of hydrogen-bond acceptors (Lipinski definition) is 5. The van der Waals surface area contributed by atoms with E-state index in [1.807, 2.05) is 12.1 Å². The third kappa shape index (κ3) is 2.20. The molecule has 96 valence electrons. The standard InChI is InChI=1S/C13H10N2O4/c16-13(17)8-5-6-14-12(15-8)11-7-18-9-3-1-2-4-10(9)19-11/h1-6,11H,7H2,(H,16,17). The number of aromatic carboxylic acids is 1. The minimum atomic E-state index is -1.10. The number of fused-ring (bicyclic) bond motifs is 1. The zero-order valence-electron chi connectivity index (χ0n) is 9.81. The molecule has 6 nitrogen and oxygen atoms in total. The van der Waals surface area contributed by atoms with Crippen LogP contribution >= 0.6 is 0 Å². The molecule has 0 spiro atoms. The molecule has 2 aromatic rings. The predicted octanol–water partition coefficient (Wildman–Crippen LogP) is 1.69. The van der Waals surface area contributed by atoms with Crippen molar-refractivity contribution >= 4 is 5.97 Å². The lowest BCUT2D eigenvalue weighted by atomic mass is 10.2. The monoisotopic (exact) mass is 258 g/mol. The van der Waals surface area contributed by atoms with Crippen LogP contribution in [0, 0.1) is 0 Å². The fraction of sp³-hybridized carbons (Fsp3) is 0.154. The first-order valence-corrected chi connectivity index (χ1v) is 5.69. The van der Waals surface area contributed by atoms with Crippen molar-refractivity contribution in [2.75, 3.05) is 6.61 Å². The molecular formula is C13H10N2O4. The second kappa shape index (κ2) is 4.56. The van der Waals surface area contributed by atoms with Gasteiger partial charge in [0.15, 0.2) is 29.1 Å². The van der Waals surface area contributed by atoms with Crippen molar-refractivity contribution in [1.82, 2.24) is 9.97 Å². The fourth-order valence-corrected chi connectivity index (χ4v) is 1.79. The number of nitrogens with zero attached hydrogens (tertiary/aromatic N) is 2. The van der Waals surface area contributed by atoms with Crippen molar-refractivity contribution in [3.05, 3.63) is 48.0 Å². The van der Waals surface area contributed by atoms with Gasteiger partial charge in [-0.1, -0.05) is 12.1 Å². The Hall–Kier alpha value is -2.63. The molecule has 1 N–H and O–H groups in total. The highest BCUT2D eigenvalue weighted by Crippen LogP contribution is 2.34. The Balaban J connectivity index is 1.89.